The number of piperidine rings is 1. The highest BCUT2D eigenvalue weighted by Gasteiger charge is 2.57. The average molecular weight is 618 g/mol. The first-order chi connectivity index (χ1) is 21.6. The lowest BCUT2D eigenvalue weighted by molar-refractivity contribution is -0.133. The lowest BCUT2D eigenvalue weighted by Gasteiger charge is -2.37. The summed E-state index contributed by atoms with van der Waals surface area (Å²) in [7, 11) is 5.95. The second kappa shape index (κ2) is 13.6. The van der Waals surface area contributed by atoms with Gasteiger partial charge in [0.25, 0.3) is 0 Å². The van der Waals surface area contributed by atoms with E-state index in [1.165, 1.54) is 29.2 Å². The maximum absolute atomic E-state index is 13.6. The van der Waals surface area contributed by atoms with E-state index in [9.17, 15) is 18.8 Å². The van der Waals surface area contributed by atoms with Gasteiger partial charge in [0.1, 0.15) is 28.5 Å². The number of pyridine rings is 1. The van der Waals surface area contributed by atoms with Gasteiger partial charge in [-0.05, 0) is 94.4 Å². The van der Waals surface area contributed by atoms with E-state index in [0.717, 1.165) is 39.0 Å². The summed E-state index contributed by atoms with van der Waals surface area (Å²) in [5.74, 6) is -0.275. The van der Waals surface area contributed by atoms with Crippen LogP contribution in [0.25, 0.3) is 0 Å². The van der Waals surface area contributed by atoms with E-state index in [0.29, 0.717) is 41.5 Å². The molecular formula is C33H40FN7O4. The molecule has 1 saturated carbocycles. The molecule has 1 aliphatic heterocycles. The van der Waals surface area contributed by atoms with Crippen molar-refractivity contribution >= 4 is 35.0 Å². The highest BCUT2D eigenvalue weighted by Crippen LogP contribution is 2.49. The van der Waals surface area contributed by atoms with Crippen LogP contribution in [0.3, 0.4) is 0 Å². The Bertz CT molecular complexity index is 1500. The molecule has 0 bridgehead atoms. The molecule has 12 heteroatoms. The van der Waals surface area contributed by atoms with E-state index in [1.807, 2.05) is 7.05 Å². The van der Waals surface area contributed by atoms with Gasteiger partial charge in [-0.2, -0.15) is 0 Å². The summed E-state index contributed by atoms with van der Waals surface area (Å²) in [6.45, 7) is 3.95. The van der Waals surface area contributed by atoms with E-state index in [4.69, 9.17) is 10.5 Å². The number of primary amides is 1. The first kappa shape index (κ1) is 31.9. The van der Waals surface area contributed by atoms with Crippen molar-refractivity contribution in [3.05, 3.63) is 72.7 Å². The Morgan fingerprint density at radius 1 is 0.978 bits per heavy atom. The predicted octanol–water partition coefficient (Wildman–Crippen LogP) is 4.43. The Balaban J connectivity index is 1.22. The number of carbonyl (C=O) groups is 3. The van der Waals surface area contributed by atoms with E-state index in [2.05, 4.69) is 34.2 Å². The summed E-state index contributed by atoms with van der Waals surface area (Å²) in [6.07, 6.45) is 4.12. The number of nitrogens with two attached hydrogens (primary N) is 1. The number of likely N-dealkylation sites (tertiary alicyclic amines) is 1. The maximum Gasteiger partial charge on any atom is 0.323 e. The minimum Gasteiger partial charge on any atom is -0.457 e. The lowest BCUT2D eigenvalue weighted by atomic mass is 10.0. The smallest absolute Gasteiger partial charge is 0.323 e. The van der Waals surface area contributed by atoms with Gasteiger partial charge in [-0.3, -0.25) is 19.8 Å². The summed E-state index contributed by atoms with van der Waals surface area (Å²) in [6, 6.07) is 15.4. The first-order valence-corrected chi connectivity index (χ1v) is 15.1. The van der Waals surface area contributed by atoms with Crippen molar-refractivity contribution in [2.24, 2.45) is 11.1 Å². The Morgan fingerprint density at radius 3 is 2.18 bits per heavy atom. The lowest BCUT2D eigenvalue weighted by Crippen LogP contribution is -2.48. The zero-order valence-corrected chi connectivity index (χ0v) is 25.9. The minimum absolute atomic E-state index is 0.151. The van der Waals surface area contributed by atoms with Crippen molar-refractivity contribution in [3.8, 4) is 11.5 Å². The second-order valence-electron chi connectivity index (χ2n) is 12.0. The number of nitrogens with one attached hydrogen (secondary N) is 1. The number of likely N-dealkylation sites (N-methyl/N-ethyl adjacent to an activating group) is 1. The van der Waals surface area contributed by atoms with Crippen molar-refractivity contribution in [1.29, 1.82) is 0 Å². The molecule has 238 valence electrons. The third-order valence-electron chi connectivity index (χ3n) is 8.50. The molecule has 2 fully saturated rings. The molecule has 2 aromatic carbocycles. The highest BCUT2D eigenvalue weighted by molar-refractivity contribution is 6.16. The van der Waals surface area contributed by atoms with E-state index in [1.54, 1.807) is 47.5 Å². The topological polar surface area (TPSA) is 124 Å². The van der Waals surface area contributed by atoms with Gasteiger partial charge >= 0.3 is 6.03 Å². The molecule has 3 aromatic rings. The van der Waals surface area contributed by atoms with Gasteiger partial charge in [0.2, 0.25) is 11.8 Å². The quantitative estimate of drug-likeness (QED) is 0.305. The molecule has 0 atom stereocenters. The number of ether oxygens (including phenoxy) is 1. The number of rotatable bonds is 11. The number of nitrogens with zero attached hydrogens (tertiary/aromatic N) is 5. The molecule has 0 radical (unpaired) electrons. The number of benzene rings is 2. The predicted molar refractivity (Wildman–Crippen MR) is 170 cm³/mol. The Morgan fingerprint density at radius 2 is 1.60 bits per heavy atom. The SMILES string of the molecule is CN(C)CCN1CCC(N(C)C(=O)Nc2cc(Oc3ccc(N(C(=O)C4(C(N)=O)CC4)c4ccc(F)cc4)cc3)ccn2)CC1. The zero-order valence-electron chi connectivity index (χ0n) is 25.9. The fourth-order valence-electron chi connectivity index (χ4n) is 5.46. The third-order valence-corrected chi connectivity index (χ3v) is 8.50. The van der Waals surface area contributed by atoms with Crippen molar-refractivity contribution in [3.63, 3.8) is 0 Å². The van der Waals surface area contributed by atoms with E-state index >= 15 is 0 Å². The summed E-state index contributed by atoms with van der Waals surface area (Å²) in [5, 5.41) is 2.87. The van der Waals surface area contributed by atoms with Gasteiger partial charge in [0, 0.05) is 62.9 Å². The van der Waals surface area contributed by atoms with Crippen molar-refractivity contribution in [2.45, 2.75) is 31.7 Å². The molecular weight excluding hydrogens is 577 g/mol. The molecule has 2 heterocycles. The maximum atomic E-state index is 13.6. The minimum atomic E-state index is -1.27. The van der Waals surface area contributed by atoms with Crippen LogP contribution < -0.4 is 20.7 Å². The third kappa shape index (κ3) is 7.58. The summed E-state index contributed by atoms with van der Waals surface area (Å²) < 4.78 is 19.7. The molecule has 3 N–H and O–H groups in total. The number of hydrogen-bond acceptors (Lipinski definition) is 7. The van der Waals surface area contributed by atoms with Crippen LogP contribution in [0.1, 0.15) is 25.7 Å². The number of carbonyl (C=O) groups excluding carboxylic acids is 3. The second-order valence-corrected chi connectivity index (χ2v) is 12.0. The van der Waals surface area contributed by atoms with Gasteiger partial charge < -0.3 is 25.2 Å². The molecule has 0 unspecified atom stereocenters. The van der Waals surface area contributed by atoms with Crippen LogP contribution in [0.5, 0.6) is 11.5 Å². The summed E-state index contributed by atoms with van der Waals surface area (Å²) in [4.78, 5) is 50.7. The Kier molecular flexibility index (Phi) is 9.64. The number of anilines is 3. The molecule has 2 aliphatic rings. The van der Waals surface area contributed by atoms with E-state index in [-0.39, 0.29) is 12.1 Å². The normalized spacial score (nSPS) is 16.2. The Hall–Kier alpha value is -4.55. The monoisotopic (exact) mass is 617 g/mol. The van der Waals surface area contributed by atoms with Crippen molar-refractivity contribution in [1.82, 2.24) is 19.7 Å². The van der Waals surface area contributed by atoms with Crippen LogP contribution in [-0.2, 0) is 9.59 Å². The number of aromatic nitrogens is 1. The summed E-state index contributed by atoms with van der Waals surface area (Å²) in [5.41, 5.74) is 5.20. The first-order valence-electron chi connectivity index (χ1n) is 15.1. The molecule has 1 aromatic heterocycles. The van der Waals surface area contributed by atoms with Crippen molar-refractivity contribution < 1.29 is 23.5 Å². The van der Waals surface area contributed by atoms with Crippen molar-refractivity contribution in [2.75, 3.05) is 57.5 Å². The molecule has 1 saturated heterocycles. The fourth-order valence-corrected chi connectivity index (χ4v) is 5.46. The molecule has 0 spiro atoms. The standard InChI is InChI=1S/C33H40FN7O4/c1-38(2)20-21-40-18-13-24(14-19-40)39(3)32(44)37-29-22-28(12-17-36-29)45-27-10-8-26(9-11-27)41(25-6-4-23(34)5-7-25)31(43)33(15-16-33)30(35)42/h4-12,17,22,24H,13-16,18-21H2,1-3H3,(H2,35,42)(H,36,37,44). The van der Waals surface area contributed by atoms with Crippen LogP contribution >= 0.6 is 0 Å². The van der Waals surface area contributed by atoms with Gasteiger partial charge in [-0.25, -0.2) is 14.2 Å². The van der Waals surface area contributed by atoms with Gasteiger partial charge in [-0.15, -0.1) is 0 Å². The average Bonchev–Trinajstić information content (AvgIpc) is 3.85. The molecule has 11 nitrogen and oxygen atoms in total. The molecule has 4 amide bonds. The number of halogens is 1. The van der Waals surface area contributed by atoms with Gasteiger partial charge in [0.15, 0.2) is 0 Å². The van der Waals surface area contributed by atoms with Crippen LogP contribution in [-0.4, -0.2) is 90.9 Å². The van der Waals surface area contributed by atoms with Crippen LogP contribution in [0, 0.1) is 11.2 Å². The van der Waals surface area contributed by atoms with Gasteiger partial charge in [0.05, 0.1) is 0 Å². The molecule has 1 aliphatic carbocycles. The van der Waals surface area contributed by atoms with E-state index < -0.39 is 23.0 Å². The summed E-state index contributed by atoms with van der Waals surface area (Å²) >= 11 is 0. The van der Waals surface area contributed by atoms with Gasteiger partial charge in [-0.1, -0.05) is 0 Å². The Labute approximate surface area is 262 Å². The number of amides is 4. The number of urea groups is 1. The molecule has 5 rings (SSSR count). The van der Waals surface area contributed by atoms with Crippen LogP contribution in [0.15, 0.2) is 66.9 Å². The number of hydrogen-bond donors (Lipinski definition) is 2. The highest BCUT2D eigenvalue weighted by atomic mass is 19.1. The van der Waals surface area contributed by atoms with Crippen LogP contribution in [0.4, 0.5) is 26.4 Å². The zero-order chi connectivity index (χ0) is 32.1. The van der Waals surface area contributed by atoms with Crippen LogP contribution in [0.2, 0.25) is 0 Å². The largest absolute Gasteiger partial charge is 0.457 e. The fraction of sp³-hybridized carbons (Fsp3) is 0.394. The molecule has 45 heavy (non-hydrogen) atoms.